The number of nitrogens with one attached hydrogen (secondary N) is 1. The number of nitrogens with zero attached hydrogens (tertiary/aromatic N) is 1. The number of allylic oxidation sites excluding steroid dienone is 3. The number of Topliss-reactive ketones (excluding diaryl/α,β-unsaturated/α-hetero) is 1. The van der Waals surface area contributed by atoms with Gasteiger partial charge in [0.1, 0.15) is 5.78 Å². The van der Waals surface area contributed by atoms with E-state index in [4.69, 9.17) is 0 Å². The molecule has 0 radical (unpaired) electrons. The van der Waals surface area contributed by atoms with Crippen molar-refractivity contribution in [3.05, 3.63) is 22.3 Å². The van der Waals surface area contributed by atoms with Crippen LogP contribution in [-0.2, 0) is 4.79 Å². The second-order valence-electron chi connectivity index (χ2n) is 7.02. The van der Waals surface area contributed by atoms with E-state index >= 15 is 0 Å². The number of carbonyl (C=O) groups excluding carboxylic acids is 1. The van der Waals surface area contributed by atoms with E-state index in [9.17, 15) is 10.0 Å². The van der Waals surface area contributed by atoms with Gasteiger partial charge in [0.25, 0.3) is 0 Å². The molecule has 0 spiro atoms. The molecule has 4 nitrogen and oxygen atoms in total. The Labute approximate surface area is 125 Å². The summed E-state index contributed by atoms with van der Waals surface area (Å²) in [7, 11) is 0. The quantitative estimate of drug-likeness (QED) is 0.575. The predicted octanol–water partition coefficient (Wildman–Crippen LogP) is 2.44. The molecule has 0 saturated carbocycles. The largest absolute Gasteiger partial charge is 0.411 e. The first kappa shape index (κ1) is 13.3. The highest BCUT2D eigenvalue weighted by molar-refractivity contribution is 6.06. The van der Waals surface area contributed by atoms with Crippen molar-refractivity contribution in [1.29, 1.82) is 0 Å². The van der Waals surface area contributed by atoms with Gasteiger partial charge < -0.3 is 10.5 Å². The molecule has 1 heterocycles. The molecule has 0 aromatic heterocycles. The Balaban J connectivity index is 1.90. The van der Waals surface area contributed by atoms with Gasteiger partial charge in [-0.1, -0.05) is 12.1 Å². The van der Waals surface area contributed by atoms with Crippen LogP contribution in [0.4, 0.5) is 0 Å². The van der Waals surface area contributed by atoms with Crippen molar-refractivity contribution in [1.82, 2.24) is 5.32 Å². The van der Waals surface area contributed by atoms with Gasteiger partial charge in [-0.25, -0.2) is 0 Å². The van der Waals surface area contributed by atoms with Crippen LogP contribution >= 0.6 is 0 Å². The number of rotatable bonds is 1. The molecule has 1 aliphatic heterocycles. The summed E-state index contributed by atoms with van der Waals surface area (Å²) in [5.41, 5.74) is 6.24. The van der Waals surface area contributed by atoms with Crippen LogP contribution in [0.15, 0.2) is 27.4 Å². The molecule has 0 aromatic rings. The standard InChI is InChI=1S/C17H22N2O2/c1-8-5-12-13(17(8)19-21)6-10-7-18-14-4-3-11(9(2)20)16(12)15(10)14/h8,10-11,14,18,21H,3-7H2,1-2H3. The van der Waals surface area contributed by atoms with E-state index in [1.807, 2.05) is 0 Å². The summed E-state index contributed by atoms with van der Waals surface area (Å²) in [6, 6.07) is 0.472. The zero-order valence-electron chi connectivity index (χ0n) is 12.6. The highest BCUT2D eigenvalue weighted by atomic mass is 16.4. The Morgan fingerprint density at radius 2 is 2.10 bits per heavy atom. The van der Waals surface area contributed by atoms with E-state index in [0.717, 1.165) is 37.9 Å². The summed E-state index contributed by atoms with van der Waals surface area (Å²) in [6.07, 6.45) is 3.94. The SMILES string of the molecule is CC(=O)C1CCC2NCC3CC4=C(CC(C)C4=NO)C1=C32. The second kappa shape index (κ2) is 4.54. The fourth-order valence-corrected chi connectivity index (χ4v) is 4.99. The molecule has 4 heteroatoms. The first-order valence-electron chi connectivity index (χ1n) is 8.04. The smallest absolute Gasteiger partial charge is 0.137 e. The van der Waals surface area contributed by atoms with Crippen LogP contribution in [-0.4, -0.2) is 29.3 Å². The lowest BCUT2D eigenvalue weighted by molar-refractivity contribution is -0.120. The molecule has 0 aromatic carbocycles. The van der Waals surface area contributed by atoms with Crippen LogP contribution in [0.1, 0.15) is 39.5 Å². The fraction of sp³-hybridized carbons (Fsp3) is 0.647. The van der Waals surface area contributed by atoms with Gasteiger partial charge in [0.05, 0.1) is 5.71 Å². The molecule has 1 fully saturated rings. The maximum Gasteiger partial charge on any atom is 0.137 e. The average molecular weight is 286 g/mol. The van der Waals surface area contributed by atoms with Crippen molar-refractivity contribution >= 4 is 11.5 Å². The molecule has 1 saturated heterocycles. The van der Waals surface area contributed by atoms with Crippen molar-refractivity contribution < 1.29 is 10.0 Å². The molecule has 0 amide bonds. The number of oxime groups is 1. The maximum absolute atomic E-state index is 12.2. The van der Waals surface area contributed by atoms with E-state index in [2.05, 4.69) is 17.4 Å². The van der Waals surface area contributed by atoms with Gasteiger partial charge in [0, 0.05) is 24.4 Å². The lowest BCUT2D eigenvalue weighted by atomic mass is 9.68. The predicted molar refractivity (Wildman–Crippen MR) is 80.4 cm³/mol. The third-order valence-electron chi connectivity index (χ3n) is 5.85. The van der Waals surface area contributed by atoms with Gasteiger partial charge in [0.2, 0.25) is 0 Å². The minimum Gasteiger partial charge on any atom is -0.411 e. The summed E-state index contributed by atoms with van der Waals surface area (Å²) in [5, 5.41) is 16.6. The van der Waals surface area contributed by atoms with Gasteiger partial charge in [-0.2, -0.15) is 0 Å². The molecule has 4 atom stereocenters. The van der Waals surface area contributed by atoms with Crippen LogP contribution in [0.25, 0.3) is 0 Å². The van der Waals surface area contributed by atoms with Gasteiger partial charge >= 0.3 is 0 Å². The lowest BCUT2D eigenvalue weighted by Crippen LogP contribution is -2.33. The number of hydrogen-bond acceptors (Lipinski definition) is 4. The van der Waals surface area contributed by atoms with Crippen LogP contribution in [0.3, 0.4) is 0 Å². The normalized spacial score (nSPS) is 39.8. The first-order valence-corrected chi connectivity index (χ1v) is 8.04. The Hall–Kier alpha value is -1.42. The van der Waals surface area contributed by atoms with Crippen molar-refractivity contribution in [2.75, 3.05) is 6.54 Å². The second-order valence-corrected chi connectivity index (χ2v) is 7.02. The third kappa shape index (κ3) is 1.71. The van der Waals surface area contributed by atoms with Gasteiger partial charge in [-0.05, 0) is 60.8 Å². The number of fused-ring (bicyclic) bond motifs is 1. The van der Waals surface area contributed by atoms with E-state index in [0.29, 0.717) is 12.0 Å². The highest BCUT2D eigenvalue weighted by Gasteiger charge is 2.46. The topological polar surface area (TPSA) is 61.7 Å². The minimum atomic E-state index is 0.0641. The molecular weight excluding hydrogens is 264 g/mol. The summed E-state index contributed by atoms with van der Waals surface area (Å²) in [6.45, 7) is 4.85. The first-order chi connectivity index (χ1) is 10.1. The monoisotopic (exact) mass is 286 g/mol. The number of ketones is 1. The zero-order chi connectivity index (χ0) is 14.7. The van der Waals surface area contributed by atoms with Crippen molar-refractivity contribution in [2.24, 2.45) is 22.9 Å². The molecular formula is C17H22N2O2. The zero-order valence-corrected chi connectivity index (χ0v) is 12.6. The van der Waals surface area contributed by atoms with Gasteiger partial charge in [-0.3, -0.25) is 4.79 Å². The van der Waals surface area contributed by atoms with Crippen molar-refractivity contribution in [3.8, 4) is 0 Å². The molecule has 4 rings (SSSR count). The van der Waals surface area contributed by atoms with Crippen LogP contribution < -0.4 is 5.32 Å². The number of carbonyl (C=O) groups is 1. The maximum atomic E-state index is 12.2. The summed E-state index contributed by atoms with van der Waals surface area (Å²) < 4.78 is 0. The summed E-state index contributed by atoms with van der Waals surface area (Å²) >= 11 is 0. The molecule has 4 aliphatic rings. The Morgan fingerprint density at radius 3 is 2.81 bits per heavy atom. The van der Waals surface area contributed by atoms with Crippen molar-refractivity contribution in [3.63, 3.8) is 0 Å². The summed E-state index contributed by atoms with van der Waals surface area (Å²) in [4.78, 5) is 12.2. The van der Waals surface area contributed by atoms with Gasteiger partial charge in [0.15, 0.2) is 0 Å². The Kier molecular flexibility index (Phi) is 2.86. The minimum absolute atomic E-state index is 0.0641. The van der Waals surface area contributed by atoms with Gasteiger partial charge in [-0.15, -0.1) is 0 Å². The highest BCUT2D eigenvalue weighted by Crippen LogP contribution is 2.52. The molecule has 21 heavy (non-hydrogen) atoms. The summed E-state index contributed by atoms with van der Waals surface area (Å²) in [5.74, 6) is 1.12. The fourth-order valence-electron chi connectivity index (χ4n) is 4.99. The number of hydrogen-bond donors (Lipinski definition) is 2. The molecule has 3 aliphatic carbocycles. The molecule has 0 bridgehead atoms. The van der Waals surface area contributed by atoms with E-state index < -0.39 is 0 Å². The molecule has 2 N–H and O–H groups in total. The third-order valence-corrected chi connectivity index (χ3v) is 5.85. The van der Waals surface area contributed by atoms with Crippen LogP contribution in [0.5, 0.6) is 0 Å². The van der Waals surface area contributed by atoms with E-state index in [1.54, 1.807) is 6.92 Å². The Morgan fingerprint density at radius 1 is 1.29 bits per heavy atom. The van der Waals surface area contributed by atoms with Crippen molar-refractivity contribution in [2.45, 2.75) is 45.6 Å². The van der Waals surface area contributed by atoms with Crippen LogP contribution in [0.2, 0.25) is 0 Å². The Bertz CT molecular complexity index is 614. The molecule has 4 unspecified atom stereocenters. The molecule has 112 valence electrons. The van der Waals surface area contributed by atoms with E-state index in [-0.39, 0.29) is 17.6 Å². The van der Waals surface area contributed by atoms with Crippen LogP contribution in [0, 0.1) is 17.8 Å². The average Bonchev–Trinajstić information content (AvgIpc) is 3.00. The lowest BCUT2D eigenvalue weighted by Gasteiger charge is -2.35. The van der Waals surface area contributed by atoms with E-state index in [1.165, 1.54) is 22.3 Å².